The van der Waals surface area contributed by atoms with Crippen molar-refractivity contribution in [1.29, 1.82) is 0 Å². The van der Waals surface area contributed by atoms with Gasteiger partial charge in [0.05, 0.1) is 0 Å². The van der Waals surface area contributed by atoms with E-state index in [4.69, 9.17) is 10.9 Å². The quantitative estimate of drug-likeness (QED) is 0.215. The normalized spacial score (nSPS) is 10.6. The van der Waals surface area contributed by atoms with E-state index in [0.29, 0.717) is 5.56 Å². The van der Waals surface area contributed by atoms with E-state index in [1.54, 1.807) is 12.1 Å². The van der Waals surface area contributed by atoms with Crippen LogP contribution in [0.1, 0.15) is 17.5 Å². The van der Waals surface area contributed by atoms with Crippen molar-refractivity contribution in [2.75, 3.05) is 5.33 Å². The largest absolute Gasteiger partial charge is 0.409 e. The van der Waals surface area contributed by atoms with Crippen LogP contribution >= 0.6 is 15.9 Å². The lowest BCUT2D eigenvalue weighted by atomic mass is 10.1. The summed E-state index contributed by atoms with van der Waals surface area (Å²) >= 11 is 3.30. The van der Waals surface area contributed by atoms with E-state index < -0.39 is 0 Å². The lowest BCUT2D eigenvalue weighted by Gasteiger charge is -1.97. The van der Waals surface area contributed by atoms with Gasteiger partial charge in [-0.05, 0) is 24.3 Å². The summed E-state index contributed by atoms with van der Waals surface area (Å²) in [5.41, 5.74) is 7.03. The van der Waals surface area contributed by atoms with E-state index in [9.17, 15) is 0 Å². The Morgan fingerprint density at radius 2 is 2.07 bits per heavy atom. The summed E-state index contributed by atoms with van der Waals surface area (Å²) in [5.74, 6) is 6.12. The number of amidine groups is 1. The molecule has 1 rings (SSSR count). The van der Waals surface area contributed by atoms with E-state index in [-0.39, 0.29) is 5.84 Å². The summed E-state index contributed by atoms with van der Waals surface area (Å²) in [4.78, 5) is 0. The molecule has 0 heterocycles. The molecule has 4 heteroatoms. The number of oxime groups is 1. The van der Waals surface area contributed by atoms with Crippen molar-refractivity contribution < 1.29 is 5.21 Å². The van der Waals surface area contributed by atoms with E-state index in [1.165, 1.54) is 0 Å². The van der Waals surface area contributed by atoms with Crippen LogP contribution in [-0.4, -0.2) is 16.4 Å². The Kier molecular flexibility index (Phi) is 4.72. The Balaban J connectivity index is 2.78. The van der Waals surface area contributed by atoms with Crippen LogP contribution in [0, 0.1) is 11.8 Å². The van der Waals surface area contributed by atoms with Crippen molar-refractivity contribution >= 4 is 21.8 Å². The maximum absolute atomic E-state index is 8.46. The van der Waals surface area contributed by atoms with Crippen LogP contribution in [-0.2, 0) is 0 Å². The molecule has 3 N–H and O–H groups in total. The zero-order chi connectivity index (χ0) is 11.1. The molecule has 0 bridgehead atoms. The van der Waals surface area contributed by atoms with Gasteiger partial charge in [-0.15, -0.1) is 0 Å². The molecule has 3 nitrogen and oxygen atoms in total. The fourth-order valence-corrected chi connectivity index (χ4v) is 1.19. The minimum atomic E-state index is 0.106. The average Bonchev–Trinajstić information content (AvgIpc) is 2.29. The van der Waals surface area contributed by atoms with E-state index >= 15 is 0 Å². The second-order valence-electron chi connectivity index (χ2n) is 2.80. The minimum absolute atomic E-state index is 0.106. The smallest absolute Gasteiger partial charge is 0.170 e. The summed E-state index contributed by atoms with van der Waals surface area (Å²) in [5, 5.41) is 12.3. The van der Waals surface area contributed by atoms with Gasteiger partial charge in [0, 0.05) is 22.9 Å². The molecule has 78 valence electrons. The molecular formula is C11H11BrN2O. The van der Waals surface area contributed by atoms with Crippen LogP contribution in [0.4, 0.5) is 0 Å². The minimum Gasteiger partial charge on any atom is -0.409 e. The Bertz CT molecular complexity index is 401. The number of hydrogen-bond acceptors (Lipinski definition) is 2. The van der Waals surface area contributed by atoms with Crippen LogP contribution in [0.3, 0.4) is 0 Å². The van der Waals surface area contributed by atoms with Gasteiger partial charge < -0.3 is 10.9 Å². The Labute approximate surface area is 97.1 Å². The molecule has 0 aromatic heterocycles. The Hall–Kier alpha value is -1.47. The van der Waals surface area contributed by atoms with Crippen LogP contribution in [0.15, 0.2) is 29.4 Å². The second-order valence-corrected chi connectivity index (χ2v) is 3.60. The van der Waals surface area contributed by atoms with Gasteiger partial charge in [0.1, 0.15) is 0 Å². The molecule has 1 aromatic carbocycles. The molecule has 0 atom stereocenters. The van der Waals surface area contributed by atoms with Crippen molar-refractivity contribution in [2.24, 2.45) is 10.9 Å². The van der Waals surface area contributed by atoms with Gasteiger partial charge in [-0.2, -0.15) is 0 Å². The highest BCUT2D eigenvalue weighted by Gasteiger charge is 1.96. The van der Waals surface area contributed by atoms with Gasteiger partial charge in [-0.1, -0.05) is 32.9 Å². The third-order valence-electron chi connectivity index (χ3n) is 1.74. The molecule has 0 amide bonds. The van der Waals surface area contributed by atoms with Gasteiger partial charge in [0.25, 0.3) is 0 Å². The van der Waals surface area contributed by atoms with Gasteiger partial charge in [-0.25, -0.2) is 0 Å². The number of rotatable bonds is 2. The van der Waals surface area contributed by atoms with Crippen LogP contribution < -0.4 is 5.73 Å². The SMILES string of the molecule is NC(=NO)c1ccc(C#CCCBr)cc1. The van der Waals surface area contributed by atoms with E-state index in [0.717, 1.165) is 17.3 Å². The predicted octanol–water partition coefficient (Wildman–Crippen LogP) is 1.92. The summed E-state index contributed by atoms with van der Waals surface area (Å²) in [6.45, 7) is 0. The van der Waals surface area contributed by atoms with Gasteiger partial charge >= 0.3 is 0 Å². The number of benzene rings is 1. The number of halogens is 1. The standard InChI is InChI=1S/C11H11BrN2O/c12-8-2-1-3-9-4-6-10(7-5-9)11(13)14-15/h4-7,15H,2,8H2,(H2,13,14). The molecule has 0 aliphatic carbocycles. The topological polar surface area (TPSA) is 58.6 Å². The summed E-state index contributed by atoms with van der Waals surface area (Å²) in [6.07, 6.45) is 0.821. The van der Waals surface area contributed by atoms with Gasteiger partial charge in [0.2, 0.25) is 0 Å². The molecular weight excluding hydrogens is 256 g/mol. The maximum Gasteiger partial charge on any atom is 0.170 e. The second kappa shape index (κ2) is 6.10. The summed E-state index contributed by atoms with van der Waals surface area (Å²) in [6, 6.07) is 7.23. The number of nitrogens with zero attached hydrogens (tertiary/aromatic N) is 1. The summed E-state index contributed by atoms with van der Waals surface area (Å²) < 4.78 is 0. The number of hydrogen-bond donors (Lipinski definition) is 2. The average molecular weight is 267 g/mol. The summed E-state index contributed by atoms with van der Waals surface area (Å²) in [7, 11) is 0. The van der Waals surface area contributed by atoms with Crippen molar-refractivity contribution in [1.82, 2.24) is 0 Å². The maximum atomic E-state index is 8.46. The number of alkyl halides is 1. The lowest BCUT2D eigenvalue weighted by Crippen LogP contribution is -2.12. The highest BCUT2D eigenvalue weighted by atomic mass is 79.9. The molecule has 1 aromatic rings. The first-order valence-corrected chi connectivity index (χ1v) is 5.53. The first-order chi connectivity index (χ1) is 7.27. The van der Waals surface area contributed by atoms with Crippen molar-refractivity contribution in [3.8, 4) is 11.8 Å². The molecule has 0 spiro atoms. The van der Waals surface area contributed by atoms with Gasteiger partial charge in [0.15, 0.2) is 5.84 Å². The fourth-order valence-electron chi connectivity index (χ4n) is 0.994. The predicted molar refractivity (Wildman–Crippen MR) is 64.2 cm³/mol. The molecule has 0 unspecified atom stereocenters. The molecule has 0 aliphatic heterocycles. The Morgan fingerprint density at radius 3 is 2.60 bits per heavy atom. The molecule has 0 saturated heterocycles. The van der Waals surface area contributed by atoms with Crippen molar-refractivity contribution in [3.05, 3.63) is 35.4 Å². The molecule has 0 saturated carbocycles. The van der Waals surface area contributed by atoms with E-state index in [2.05, 4.69) is 32.9 Å². The monoisotopic (exact) mass is 266 g/mol. The van der Waals surface area contributed by atoms with Crippen LogP contribution in [0.25, 0.3) is 0 Å². The zero-order valence-corrected chi connectivity index (χ0v) is 9.66. The molecule has 0 radical (unpaired) electrons. The van der Waals surface area contributed by atoms with Crippen molar-refractivity contribution in [3.63, 3.8) is 0 Å². The zero-order valence-electron chi connectivity index (χ0n) is 8.07. The fraction of sp³-hybridized carbons (Fsp3) is 0.182. The van der Waals surface area contributed by atoms with Crippen LogP contribution in [0.5, 0.6) is 0 Å². The van der Waals surface area contributed by atoms with Gasteiger partial charge in [-0.3, -0.25) is 0 Å². The molecule has 15 heavy (non-hydrogen) atoms. The third kappa shape index (κ3) is 3.64. The van der Waals surface area contributed by atoms with Crippen molar-refractivity contribution in [2.45, 2.75) is 6.42 Å². The van der Waals surface area contributed by atoms with E-state index in [1.807, 2.05) is 12.1 Å². The first-order valence-electron chi connectivity index (χ1n) is 4.40. The Morgan fingerprint density at radius 1 is 1.40 bits per heavy atom. The highest BCUT2D eigenvalue weighted by molar-refractivity contribution is 9.09. The number of nitrogens with two attached hydrogens (primary N) is 1. The van der Waals surface area contributed by atoms with Crippen LogP contribution in [0.2, 0.25) is 0 Å². The first kappa shape index (κ1) is 11.6. The highest BCUT2D eigenvalue weighted by Crippen LogP contribution is 2.02. The molecule has 0 fully saturated rings. The molecule has 0 aliphatic rings. The third-order valence-corrected chi connectivity index (χ3v) is 2.14. The lowest BCUT2D eigenvalue weighted by molar-refractivity contribution is 0.318.